The van der Waals surface area contributed by atoms with E-state index in [9.17, 15) is 4.79 Å². The average Bonchev–Trinajstić information content (AvgIpc) is 2.29. The third kappa shape index (κ3) is 3.64. The van der Waals surface area contributed by atoms with Gasteiger partial charge in [-0.2, -0.15) is 0 Å². The summed E-state index contributed by atoms with van der Waals surface area (Å²) < 4.78 is 0. The molecule has 0 heterocycles. The molecule has 0 saturated heterocycles. The summed E-state index contributed by atoms with van der Waals surface area (Å²) in [5.41, 5.74) is 1.99. The molecular weight excluding hydrogens is 250 g/mol. The number of halogens is 1. The van der Waals surface area contributed by atoms with Crippen molar-refractivity contribution in [2.24, 2.45) is 5.92 Å². The van der Waals surface area contributed by atoms with Crippen molar-refractivity contribution in [2.75, 3.05) is 11.4 Å². The average molecular weight is 270 g/mol. The molecule has 0 spiro atoms. The van der Waals surface area contributed by atoms with Crippen LogP contribution in [0.15, 0.2) is 18.2 Å². The summed E-state index contributed by atoms with van der Waals surface area (Å²) in [5.74, 6) is -1.19. The minimum absolute atomic E-state index is 0.227. The summed E-state index contributed by atoms with van der Waals surface area (Å²) in [7, 11) is 0. The second-order valence-corrected chi connectivity index (χ2v) is 5.33. The predicted octanol–water partition coefficient (Wildman–Crippen LogP) is 3.58. The maximum atomic E-state index is 11.0. The minimum atomic E-state index is -0.779. The van der Waals surface area contributed by atoms with Crippen molar-refractivity contribution in [2.45, 2.75) is 33.7 Å². The Morgan fingerprint density at radius 3 is 2.44 bits per heavy atom. The van der Waals surface area contributed by atoms with Crippen LogP contribution in [0.25, 0.3) is 0 Å². The largest absolute Gasteiger partial charge is 0.481 e. The van der Waals surface area contributed by atoms with Gasteiger partial charge in [0.2, 0.25) is 0 Å². The van der Waals surface area contributed by atoms with Gasteiger partial charge in [-0.1, -0.05) is 24.6 Å². The maximum absolute atomic E-state index is 11.0. The van der Waals surface area contributed by atoms with Crippen LogP contribution in [0.3, 0.4) is 0 Å². The van der Waals surface area contributed by atoms with Crippen molar-refractivity contribution in [1.82, 2.24) is 0 Å². The van der Waals surface area contributed by atoms with Gasteiger partial charge >= 0.3 is 5.97 Å². The fraction of sp³-hybridized carbons (Fsp3) is 0.500. The standard InChI is InChI=1S/C14H20ClNO2/c1-9(2)16(8-11(4)14(17)18)12-6-5-10(3)13(15)7-12/h5-7,9,11H,8H2,1-4H3,(H,17,18). The topological polar surface area (TPSA) is 40.5 Å². The molecule has 0 aliphatic carbocycles. The summed E-state index contributed by atoms with van der Waals surface area (Å²) in [6.45, 7) is 8.23. The first-order chi connectivity index (χ1) is 8.32. The molecule has 3 nitrogen and oxygen atoms in total. The molecule has 0 aromatic heterocycles. The van der Waals surface area contributed by atoms with E-state index in [-0.39, 0.29) is 6.04 Å². The molecule has 1 N–H and O–H groups in total. The summed E-state index contributed by atoms with van der Waals surface area (Å²) in [6.07, 6.45) is 0. The number of carboxylic acids is 1. The number of aryl methyl sites for hydroxylation is 1. The molecule has 1 unspecified atom stereocenters. The molecule has 0 amide bonds. The van der Waals surface area contributed by atoms with E-state index in [0.29, 0.717) is 11.6 Å². The molecule has 0 aliphatic rings. The fourth-order valence-electron chi connectivity index (χ4n) is 1.75. The molecule has 1 rings (SSSR count). The molecule has 1 atom stereocenters. The van der Waals surface area contributed by atoms with Gasteiger partial charge in [0.25, 0.3) is 0 Å². The predicted molar refractivity (Wildman–Crippen MR) is 75.5 cm³/mol. The smallest absolute Gasteiger partial charge is 0.308 e. The normalized spacial score (nSPS) is 12.6. The SMILES string of the molecule is Cc1ccc(N(CC(C)C(=O)O)C(C)C)cc1Cl. The van der Waals surface area contributed by atoms with Gasteiger partial charge in [0.1, 0.15) is 0 Å². The van der Waals surface area contributed by atoms with Crippen LogP contribution in [0.2, 0.25) is 5.02 Å². The first kappa shape index (κ1) is 14.8. The van der Waals surface area contributed by atoms with Gasteiger partial charge in [-0.05, 0) is 38.5 Å². The number of aliphatic carboxylic acids is 1. The molecule has 4 heteroatoms. The van der Waals surface area contributed by atoms with Crippen LogP contribution >= 0.6 is 11.6 Å². The first-order valence-electron chi connectivity index (χ1n) is 6.08. The lowest BCUT2D eigenvalue weighted by Crippen LogP contribution is -2.37. The van der Waals surface area contributed by atoms with E-state index in [1.54, 1.807) is 6.92 Å². The van der Waals surface area contributed by atoms with E-state index in [0.717, 1.165) is 11.3 Å². The number of hydrogen-bond acceptors (Lipinski definition) is 2. The molecule has 100 valence electrons. The molecule has 0 radical (unpaired) electrons. The second kappa shape index (κ2) is 6.10. The summed E-state index contributed by atoms with van der Waals surface area (Å²) in [4.78, 5) is 13.0. The molecule has 0 aliphatic heterocycles. The second-order valence-electron chi connectivity index (χ2n) is 4.92. The zero-order chi connectivity index (χ0) is 13.9. The van der Waals surface area contributed by atoms with E-state index in [1.165, 1.54) is 0 Å². The third-order valence-electron chi connectivity index (χ3n) is 3.00. The summed E-state index contributed by atoms with van der Waals surface area (Å²) >= 11 is 6.12. The molecule has 18 heavy (non-hydrogen) atoms. The number of carboxylic acid groups (broad SMARTS) is 1. The van der Waals surface area contributed by atoms with Crippen molar-refractivity contribution in [3.05, 3.63) is 28.8 Å². The van der Waals surface area contributed by atoms with Gasteiger partial charge in [-0.3, -0.25) is 4.79 Å². The zero-order valence-electron chi connectivity index (χ0n) is 11.3. The van der Waals surface area contributed by atoms with E-state index >= 15 is 0 Å². The Bertz CT molecular complexity index is 432. The van der Waals surface area contributed by atoms with Crippen LogP contribution in [-0.2, 0) is 4.79 Å². The number of rotatable bonds is 5. The summed E-state index contributed by atoms with van der Waals surface area (Å²) in [6, 6.07) is 6.06. The van der Waals surface area contributed by atoms with Crippen molar-refractivity contribution in [1.29, 1.82) is 0 Å². The highest BCUT2D eigenvalue weighted by Gasteiger charge is 2.19. The van der Waals surface area contributed by atoms with Gasteiger partial charge in [0.05, 0.1) is 5.92 Å². The number of carbonyl (C=O) groups is 1. The minimum Gasteiger partial charge on any atom is -0.481 e. The molecule has 0 fully saturated rings. The van der Waals surface area contributed by atoms with Crippen LogP contribution in [0.4, 0.5) is 5.69 Å². The van der Waals surface area contributed by atoms with Crippen LogP contribution in [0.1, 0.15) is 26.3 Å². The van der Waals surface area contributed by atoms with Crippen molar-refractivity contribution < 1.29 is 9.90 Å². The van der Waals surface area contributed by atoms with E-state index in [2.05, 4.69) is 4.90 Å². The highest BCUT2D eigenvalue weighted by Crippen LogP contribution is 2.25. The van der Waals surface area contributed by atoms with Gasteiger partial charge in [0, 0.05) is 23.3 Å². The van der Waals surface area contributed by atoms with Crippen LogP contribution in [0, 0.1) is 12.8 Å². The van der Waals surface area contributed by atoms with Gasteiger partial charge < -0.3 is 10.0 Å². The van der Waals surface area contributed by atoms with Crippen LogP contribution < -0.4 is 4.90 Å². The van der Waals surface area contributed by atoms with E-state index < -0.39 is 11.9 Å². The van der Waals surface area contributed by atoms with Crippen LogP contribution in [-0.4, -0.2) is 23.7 Å². The lowest BCUT2D eigenvalue weighted by molar-refractivity contribution is -0.140. The fourth-order valence-corrected chi connectivity index (χ4v) is 1.92. The lowest BCUT2D eigenvalue weighted by atomic mass is 10.1. The van der Waals surface area contributed by atoms with E-state index in [4.69, 9.17) is 16.7 Å². The lowest BCUT2D eigenvalue weighted by Gasteiger charge is -2.30. The number of nitrogens with zero attached hydrogens (tertiary/aromatic N) is 1. The monoisotopic (exact) mass is 269 g/mol. The highest BCUT2D eigenvalue weighted by molar-refractivity contribution is 6.31. The number of hydrogen-bond donors (Lipinski definition) is 1. The van der Waals surface area contributed by atoms with Gasteiger partial charge in [-0.25, -0.2) is 0 Å². The first-order valence-corrected chi connectivity index (χ1v) is 6.46. The van der Waals surface area contributed by atoms with Gasteiger partial charge in [0.15, 0.2) is 0 Å². The Balaban J connectivity index is 2.97. The van der Waals surface area contributed by atoms with Crippen molar-refractivity contribution >= 4 is 23.3 Å². The van der Waals surface area contributed by atoms with E-state index in [1.807, 2.05) is 39.0 Å². The number of anilines is 1. The molecular formula is C14H20ClNO2. The Morgan fingerprint density at radius 2 is 2.00 bits per heavy atom. The van der Waals surface area contributed by atoms with Crippen molar-refractivity contribution in [3.8, 4) is 0 Å². The maximum Gasteiger partial charge on any atom is 0.308 e. The Hall–Kier alpha value is -1.22. The van der Waals surface area contributed by atoms with Crippen molar-refractivity contribution in [3.63, 3.8) is 0 Å². The Morgan fingerprint density at radius 1 is 1.39 bits per heavy atom. The van der Waals surface area contributed by atoms with Gasteiger partial charge in [-0.15, -0.1) is 0 Å². The molecule has 0 bridgehead atoms. The Kier molecular flexibility index (Phi) is 5.03. The molecule has 1 aromatic carbocycles. The molecule has 0 saturated carbocycles. The Labute approximate surface area is 113 Å². The number of benzene rings is 1. The highest BCUT2D eigenvalue weighted by atomic mass is 35.5. The zero-order valence-corrected chi connectivity index (χ0v) is 12.0. The van der Waals surface area contributed by atoms with Crippen LogP contribution in [0.5, 0.6) is 0 Å². The molecule has 1 aromatic rings. The summed E-state index contributed by atoms with van der Waals surface area (Å²) in [5, 5.41) is 9.71. The quantitative estimate of drug-likeness (QED) is 0.888. The third-order valence-corrected chi connectivity index (χ3v) is 3.41.